The molecule has 0 radical (unpaired) electrons. The van der Waals surface area contributed by atoms with Gasteiger partial charge in [0.2, 0.25) is 0 Å². The maximum atomic E-state index is 10.9. The molecule has 0 amide bonds. The van der Waals surface area contributed by atoms with Gasteiger partial charge in [0.05, 0.1) is 0 Å². The van der Waals surface area contributed by atoms with Gasteiger partial charge in [0, 0.05) is 10.9 Å². The van der Waals surface area contributed by atoms with E-state index in [1.54, 1.807) is 6.92 Å². The molecule has 1 saturated carbocycles. The molecular formula is C13H15BrO. The summed E-state index contributed by atoms with van der Waals surface area (Å²) in [6.45, 7) is 1.69. The van der Waals surface area contributed by atoms with Gasteiger partial charge < -0.3 is 4.79 Å². The zero-order valence-corrected chi connectivity index (χ0v) is 10.5. The van der Waals surface area contributed by atoms with Crippen molar-refractivity contribution in [2.75, 3.05) is 0 Å². The summed E-state index contributed by atoms with van der Waals surface area (Å²) in [5, 5.41) is 0. The van der Waals surface area contributed by atoms with Crippen molar-refractivity contribution in [2.45, 2.75) is 32.1 Å². The van der Waals surface area contributed by atoms with Crippen LogP contribution in [0.3, 0.4) is 0 Å². The van der Waals surface area contributed by atoms with Gasteiger partial charge >= 0.3 is 0 Å². The largest absolute Gasteiger partial charge is 0.300 e. The first kappa shape index (κ1) is 10.9. The molecule has 15 heavy (non-hydrogen) atoms. The Kier molecular flexibility index (Phi) is 3.25. The van der Waals surface area contributed by atoms with Crippen molar-refractivity contribution in [2.24, 2.45) is 5.92 Å². The van der Waals surface area contributed by atoms with Gasteiger partial charge in [-0.3, -0.25) is 0 Å². The van der Waals surface area contributed by atoms with Crippen molar-refractivity contribution in [3.05, 3.63) is 34.3 Å². The third kappa shape index (κ3) is 2.69. The monoisotopic (exact) mass is 266 g/mol. The van der Waals surface area contributed by atoms with E-state index in [2.05, 4.69) is 40.2 Å². The first-order chi connectivity index (χ1) is 7.15. The number of carbonyl (C=O) groups excluding carboxylic acids is 1. The van der Waals surface area contributed by atoms with E-state index in [1.165, 1.54) is 18.4 Å². The zero-order chi connectivity index (χ0) is 10.8. The molecular weight excluding hydrogens is 252 g/mol. The highest BCUT2D eigenvalue weighted by atomic mass is 79.9. The Morgan fingerprint density at radius 2 is 2.20 bits per heavy atom. The van der Waals surface area contributed by atoms with Crippen LogP contribution < -0.4 is 0 Å². The Hall–Kier alpha value is -0.630. The number of halogens is 1. The molecule has 1 aromatic carbocycles. The highest BCUT2D eigenvalue weighted by molar-refractivity contribution is 9.10. The number of ketones is 1. The molecule has 0 saturated heterocycles. The van der Waals surface area contributed by atoms with Gasteiger partial charge in [0.25, 0.3) is 0 Å². The maximum Gasteiger partial charge on any atom is 0.130 e. The quantitative estimate of drug-likeness (QED) is 0.811. The number of carbonyl (C=O) groups is 1. The van der Waals surface area contributed by atoms with Gasteiger partial charge in [-0.25, -0.2) is 0 Å². The smallest absolute Gasteiger partial charge is 0.130 e. The second-order valence-electron chi connectivity index (χ2n) is 4.50. The van der Waals surface area contributed by atoms with E-state index in [-0.39, 0.29) is 0 Å². The van der Waals surface area contributed by atoms with Crippen LogP contribution in [-0.2, 0) is 4.79 Å². The molecule has 2 rings (SSSR count). The fourth-order valence-corrected chi connectivity index (χ4v) is 2.76. The molecule has 0 spiro atoms. The van der Waals surface area contributed by atoms with Crippen molar-refractivity contribution >= 4 is 21.7 Å². The van der Waals surface area contributed by atoms with Crippen molar-refractivity contribution in [1.29, 1.82) is 0 Å². The summed E-state index contributed by atoms with van der Waals surface area (Å²) in [6.07, 6.45) is 3.12. The van der Waals surface area contributed by atoms with Gasteiger partial charge in [0.1, 0.15) is 5.78 Å². The van der Waals surface area contributed by atoms with Crippen LogP contribution in [-0.4, -0.2) is 5.78 Å². The summed E-state index contributed by atoms with van der Waals surface area (Å²) in [7, 11) is 0. The van der Waals surface area contributed by atoms with E-state index in [0.29, 0.717) is 17.6 Å². The molecule has 80 valence electrons. The molecule has 1 aliphatic rings. The fourth-order valence-electron chi connectivity index (χ4n) is 2.34. The number of benzene rings is 1. The predicted octanol–water partition coefficient (Wildman–Crippen LogP) is 3.92. The van der Waals surface area contributed by atoms with E-state index < -0.39 is 0 Å². The minimum absolute atomic E-state index is 0.327. The summed E-state index contributed by atoms with van der Waals surface area (Å²) < 4.78 is 1.15. The second kappa shape index (κ2) is 4.48. The zero-order valence-electron chi connectivity index (χ0n) is 8.87. The molecule has 0 unspecified atom stereocenters. The third-order valence-electron chi connectivity index (χ3n) is 3.13. The maximum absolute atomic E-state index is 10.9. The van der Waals surface area contributed by atoms with Crippen molar-refractivity contribution < 1.29 is 4.79 Å². The lowest BCUT2D eigenvalue weighted by molar-refractivity contribution is -0.118. The van der Waals surface area contributed by atoms with Gasteiger partial charge in [-0.05, 0) is 49.3 Å². The molecule has 1 aliphatic carbocycles. The Morgan fingerprint density at radius 1 is 1.47 bits per heavy atom. The van der Waals surface area contributed by atoms with Crippen molar-refractivity contribution in [3.63, 3.8) is 0 Å². The van der Waals surface area contributed by atoms with Crippen LogP contribution in [0.2, 0.25) is 0 Å². The van der Waals surface area contributed by atoms with E-state index in [1.807, 2.05) is 0 Å². The molecule has 0 heterocycles. The van der Waals surface area contributed by atoms with Gasteiger partial charge in [0.15, 0.2) is 0 Å². The van der Waals surface area contributed by atoms with E-state index in [0.717, 1.165) is 10.9 Å². The fraction of sp³-hybridized carbons (Fsp3) is 0.462. The van der Waals surface area contributed by atoms with Crippen LogP contribution in [0.15, 0.2) is 28.7 Å². The average Bonchev–Trinajstić information content (AvgIpc) is 2.10. The number of rotatable bonds is 3. The lowest BCUT2D eigenvalue weighted by Gasteiger charge is -2.35. The van der Waals surface area contributed by atoms with E-state index in [4.69, 9.17) is 0 Å². The van der Waals surface area contributed by atoms with Crippen LogP contribution in [0.5, 0.6) is 0 Å². The Labute approximate surface area is 99.0 Å². The van der Waals surface area contributed by atoms with Gasteiger partial charge in [-0.1, -0.05) is 28.1 Å². The number of Topliss-reactive ketones (excluding diaryl/α,β-unsaturated/α-hetero) is 1. The van der Waals surface area contributed by atoms with Crippen LogP contribution in [0.4, 0.5) is 0 Å². The summed E-state index contributed by atoms with van der Waals surface area (Å²) in [6, 6.07) is 8.50. The topological polar surface area (TPSA) is 17.1 Å². The minimum atomic E-state index is 0.327. The van der Waals surface area contributed by atoms with E-state index in [9.17, 15) is 4.79 Å². The predicted molar refractivity (Wildman–Crippen MR) is 64.9 cm³/mol. The molecule has 0 bridgehead atoms. The Bertz CT molecular complexity index is 367. The normalized spacial score (nSPS) is 24.7. The molecule has 1 nitrogen and oxygen atoms in total. The van der Waals surface area contributed by atoms with Crippen molar-refractivity contribution in [3.8, 4) is 0 Å². The standard InChI is InChI=1S/C13H15BrO/c1-9(15)5-10-6-12(7-10)11-3-2-4-13(14)8-11/h2-4,8,10,12H,5-7H2,1H3. The number of hydrogen-bond acceptors (Lipinski definition) is 1. The van der Waals surface area contributed by atoms with Crippen molar-refractivity contribution in [1.82, 2.24) is 0 Å². The minimum Gasteiger partial charge on any atom is -0.300 e. The molecule has 0 aromatic heterocycles. The molecule has 1 fully saturated rings. The Balaban J connectivity index is 1.92. The summed E-state index contributed by atoms with van der Waals surface area (Å²) in [5.41, 5.74) is 1.41. The molecule has 0 N–H and O–H groups in total. The highest BCUT2D eigenvalue weighted by Gasteiger charge is 2.30. The average molecular weight is 267 g/mol. The second-order valence-corrected chi connectivity index (χ2v) is 5.41. The van der Waals surface area contributed by atoms with Crippen LogP contribution >= 0.6 is 15.9 Å². The van der Waals surface area contributed by atoms with Crippen LogP contribution in [0.1, 0.15) is 37.7 Å². The Morgan fingerprint density at radius 3 is 2.80 bits per heavy atom. The molecule has 0 aliphatic heterocycles. The third-order valence-corrected chi connectivity index (χ3v) is 3.63. The SMILES string of the molecule is CC(=O)CC1CC(c2cccc(Br)c2)C1. The first-order valence-electron chi connectivity index (χ1n) is 5.40. The summed E-state index contributed by atoms with van der Waals surface area (Å²) in [5.74, 6) is 1.63. The van der Waals surface area contributed by atoms with Crippen LogP contribution in [0.25, 0.3) is 0 Å². The molecule has 2 heteroatoms. The van der Waals surface area contributed by atoms with Gasteiger partial charge in [-0.15, -0.1) is 0 Å². The lowest BCUT2D eigenvalue weighted by atomic mass is 9.70. The van der Waals surface area contributed by atoms with Crippen LogP contribution in [0, 0.1) is 5.92 Å². The first-order valence-corrected chi connectivity index (χ1v) is 6.19. The number of hydrogen-bond donors (Lipinski definition) is 0. The summed E-state index contributed by atoms with van der Waals surface area (Å²) >= 11 is 3.49. The molecule has 0 atom stereocenters. The lowest BCUT2D eigenvalue weighted by Crippen LogP contribution is -2.23. The molecule has 1 aromatic rings. The van der Waals surface area contributed by atoms with E-state index >= 15 is 0 Å². The highest BCUT2D eigenvalue weighted by Crippen LogP contribution is 2.43. The van der Waals surface area contributed by atoms with Gasteiger partial charge in [-0.2, -0.15) is 0 Å². The summed E-state index contributed by atoms with van der Waals surface area (Å²) in [4.78, 5) is 10.9.